The summed E-state index contributed by atoms with van der Waals surface area (Å²) in [6.45, 7) is 1.61. The number of halogens is 1. The lowest BCUT2D eigenvalue weighted by atomic mass is 10.1. The summed E-state index contributed by atoms with van der Waals surface area (Å²) in [6, 6.07) is 10.5. The lowest BCUT2D eigenvalue weighted by Crippen LogP contribution is -2.18. The molecule has 0 aliphatic carbocycles. The van der Waals surface area contributed by atoms with Gasteiger partial charge in [-0.25, -0.2) is 4.98 Å². The quantitative estimate of drug-likeness (QED) is 0.775. The fourth-order valence-corrected chi connectivity index (χ4v) is 2.89. The standard InChI is InChI=1S/C17H17BrN4/c1-22(11-15-7-16(18)9-21-17(15)19)10-12-2-3-14-8-20-5-4-13(14)6-12/h2-9H,10-11H2,1H3,(H2,19,21). The van der Waals surface area contributed by atoms with Crippen molar-refractivity contribution in [2.24, 2.45) is 0 Å². The molecule has 0 radical (unpaired) electrons. The van der Waals surface area contributed by atoms with E-state index >= 15 is 0 Å². The molecule has 0 bridgehead atoms. The fourth-order valence-electron chi connectivity index (χ4n) is 2.51. The topological polar surface area (TPSA) is 55.0 Å². The Morgan fingerprint density at radius 2 is 1.95 bits per heavy atom. The van der Waals surface area contributed by atoms with Gasteiger partial charge in [0.15, 0.2) is 0 Å². The van der Waals surface area contributed by atoms with Crippen LogP contribution in [0.15, 0.2) is 53.4 Å². The molecule has 0 fully saturated rings. The molecule has 3 rings (SSSR count). The Morgan fingerprint density at radius 3 is 2.82 bits per heavy atom. The SMILES string of the molecule is CN(Cc1ccc2cnccc2c1)Cc1cc(Br)cnc1N. The number of nitrogen functional groups attached to an aromatic ring is 1. The van der Waals surface area contributed by atoms with Gasteiger partial charge in [-0.05, 0) is 52.1 Å². The van der Waals surface area contributed by atoms with Gasteiger partial charge >= 0.3 is 0 Å². The largest absolute Gasteiger partial charge is 0.383 e. The molecule has 112 valence electrons. The number of fused-ring (bicyclic) bond motifs is 1. The second-order valence-electron chi connectivity index (χ2n) is 5.43. The number of nitrogens with zero attached hydrogens (tertiary/aromatic N) is 3. The first kappa shape index (κ1) is 14.9. The first-order valence-electron chi connectivity index (χ1n) is 7.03. The number of benzene rings is 1. The smallest absolute Gasteiger partial charge is 0.127 e. The van der Waals surface area contributed by atoms with Crippen LogP contribution in [0.4, 0.5) is 5.82 Å². The van der Waals surface area contributed by atoms with Crippen LogP contribution in [0.2, 0.25) is 0 Å². The molecular weight excluding hydrogens is 340 g/mol. The van der Waals surface area contributed by atoms with Gasteiger partial charge < -0.3 is 5.73 Å². The summed E-state index contributed by atoms with van der Waals surface area (Å²) in [5.74, 6) is 0.583. The zero-order valence-corrected chi connectivity index (χ0v) is 13.9. The van der Waals surface area contributed by atoms with E-state index in [1.54, 1.807) is 6.20 Å². The zero-order valence-electron chi connectivity index (χ0n) is 12.3. The van der Waals surface area contributed by atoms with Crippen molar-refractivity contribution < 1.29 is 0 Å². The Morgan fingerprint density at radius 1 is 1.09 bits per heavy atom. The molecule has 2 heterocycles. The first-order chi connectivity index (χ1) is 10.6. The Bertz CT molecular complexity index is 804. The molecule has 0 saturated heterocycles. The molecule has 0 spiro atoms. The van der Waals surface area contributed by atoms with Gasteiger partial charge in [-0.1, -0.05) is 12.1 Å². The summed E-state index contributed by atoms with van der Waals surface area (Å²) in [5.41, 5.74) is 8.24. The number of pyridine rings is 2. The van der Waals surface area contributed by atoms with Gasteiger partial charge in [-0.2, -0.15) is 0 Å². The Balaban J connectivity index is 1.75. The maximum atomic E-state index is 5.94. The average Bonchev–Trinajstić information content (AvgIpc) is 2.51. The number of nitrogens with two attached hydrogens (primary N) is 1. The summed E-state index contributed by atoms with van der Waals surface area (Å²) in [5, 5.41) is 2.37. The Kier molecular flexibility index (Phi) is 4.36. The van der Waals surface area contributed by atoms with E-state index in [1.807, 2.05) is 24.5 Å². The summed E-state index contributed by atoms with van der Waals surface area (Å²) < 4.78 is 0.948. The van der Waals surface area contributed by atoms with E-state index in [0.717, 1.165) is 28.5 Å². The monoisotopic (exact) mass is 356 g/mol. The summed E-state index contributed by atoms with van der Waals surface area (Å²) in [6.07, 6.45) is 5.43. The molecule has 3 aromatic rings. The number of rotatable bonds is 4. The minimum Gasteiger partial charge on any atom is -0.383 e. The van der Waals surface area contributed by atoms with E-state index in [4.69, 9.17) is 5.73 Å². The molecule has 2 aromatic heterocycles. The van der Waals surface area contributed by atoms with Crippen molar-refractivity contribution in [3.63, 3.8) is 0 Å². The molecule has 0 unspecified atom stereocenters. The normalized spacial score (nSPS) is 11.2. The predicted molar refractivity (Wildman–Crippen MR) is 93.3 cm³/mol. The van der Waals surface area contributed by atoms with Gasteiger partial charge in [0.25, 0.3) is 0 Å². The van der Waals surface area contributed by atoms with Crippen molar-refractivity contribution in [1.29, 1.82) is 0 Å². The lowest BCUT2D eigenvalue weighted by molar-refractivity contribution is 0.319. The van der Waals surface area contributed by atoms with E-state index in [0.29, 0.717) is 5.82 Å². The summed E-state index contributed by atoms with van der Waals surface area (Å²) >= 11 is 3.44. The first-order valence-corrected chi connectivity index (χ1v) is 7.82. The highest BCUT2D eigenvalue weighted by Gasteiger charge is 2.07. The van der Waals surface area contributed by atoms with Crippen LogP contribution in [0.1, 0.15) is 11.1 Å². The van der Waals surface area contributed by atoms with Crippen molar-refractivity contribution >= 4 is 32.5 Å². The maximum absolute atomic E-state index is 5.94. The number of aromatic nitrogens is 2. The molecule has 5 heteroatoms. The van der Waals surface area contributed by atoms with Gasteiger partial charge in [0.05, 0.1) is 0 Å². The molecule has 2 N–H and O–H groups in total. The minimum atomic E-state index is 0.583. The van der Waals surface area contributed by atoms with Crippen LogP contribution in [-0.2, 0) is 13.1 Å². The maximum Gasteiger partial charge on any atom is 0.127 e. The van der Waals surface area contributed by atoms with Crippen molar-refractivity contribution in [3.05, 3.63) is 64.5 Å². The fraction of sp³-hybridized carbons (Fsp3) is 0.176. The van der Waals surface area contributed by atoms with Crippen LogP contribution in [0.3, 0.4) is 0 Å². The highest BCUT2D eigenvalue weighted by molar-refractivity contribution is 9.10. The zero-order chi connectivity index (χ0) is 15.5. The van der Waals surface area contributed by atoms with Gasteiger partial charge in [-0.3, -0.25) is 9.88 Å². The van der Waals surface area contributed by atoms with Gasteiger partial charge in [0.2, 0.25) is 0 Å². The van der Waals surface area contributed by atoms with Crippen LogP contribution in [0.5, 0.6) is 0 Å². The van der Waals surface area contributed by atoms with Crippen LogP contribution >= 0.6 is 15.9 Å². The summed E-state index contributed by atoms with van der Waals surface area (Å²) in [4.78, 5) is 10.5. The van der Waals surface area contributed by atoms with Crippen molar-refractivity contribution in [1.82, 2.24) is 14.9 Å². The molecule has 0 aliphatic rings. The van der Waals surface area contributed by atoms with Crippen LogP contribution in [0.25, 0.3) is 10.8 Å². The highest BCUT2D eigenvalue weighted by Crippen LogP contribution is 2.19. The van der Waals surface area contributed by atoms with Gasteiger partial charge in [-0.15, -0.1) is 0 Å². The second-order valence-corrected chi connectivity index (χ2v) is 6.34. The predicted octanol–water partition coefficient (Wildman–Crippen LogP) is 3.61. The Labute approximate surface area is 138 Å². The minimum absolute atomic E-state index is 0.583. The van der Waals surface area contributed by atoms with Gasteiger partial charge in [0.1, 0.15) is 5.82 Å². The van der Waals surface area contributed by atoms with E-state index in [9.17, 15) is 0 Å². The van der Waals surface area contributed by atoms with Crippen molar-refractivity contribution in [2.75, 3.05) is 12.8 Å². The number of anilines is 1. The third-order valence-electron chi connectivity index (χ3n) is 3.57. The van der Waals surface area contributed by atoms with Crippen LogP contribution < -0.4 is 5.73 Å². The molecule has 4 nitrogen and oxygen atoms in total. The molecular formula is C17H17BrN4. The molecule has 0 saturated carbocycles. The van der Waals surface area contributed by atoms with E-state index < -0.39 is 0 Å². The summed E-state index contributed by atoms with van der Waals surface area (Å²) in [7, 11) is 2.08. The number of hydrogen-bond donors (Lipinski definition) is 1. The third kappa shape index (κ3) is 3.43. The Hall–Kier alpha value is -1.98. The van der Waals surface area contributed by atoms with Crippen molar-refractivity contribution in [3.8, 4) is 0 Å². The molecule has 1 aromatic carbocycles. The van der Waals surface area contributed by atoms with Crippen LogP contribution in [-0.4, -0.2) is 21.9 Å². The molecule has 0 atom stereocenters. The van der Waals surface area contributed by atoms with E-state index in [1.165, 1.54) is 10.9 Å². The number of hydrogen-bond acceptors (Lipinski definition) is 4. The molecule has 22 heavy (non-hydrogen) atoms. The van der Waals surface area contributed by atoms with E-state index in [2.05, 4.69) is 56.0 Å². The third-order valence-corrected chi connectivity index (χ3v) is 4.00. The van der Waals surface area contributed by atoms with Crippen LogP contribution in [0, 0.1) is 0 Å². The van der Waals surface area contributed by atoms with Crippen molar-refractivity contribution in [2.45, 2.75) is 13.1 Å². The second kappa shape index (κ2) is 6.42. The lowest BCUT2D eigenvalue weighted by Gasteiger charge is -2.18. The van der Waals surface area contributed by atoms with E-state index in [-0.39, 0.29) is 0 Å². The average molecular weight is 357 g/mol. The van der Waals surface area contributed by atoms with Gasteiger partial charge in [0, 0.05) is 47.1 Å². The molecule has 0 aliphatic heterocycles. The highest BCUT2D eigenvalue weighted by atomic mass is 79.9. The molecule has 0 amide bonds.